The zero-order valence-electron chi connectivity index (χ0n) is 14.4. The molecule has 2 aromatic rings. The number of hydrogen-bond donors (Lipinski definition) is 0. The Kier molecular flexibility index (Phi) is 7.54. The fraction of sp³-hybridized carbons (Fsp3) is 0.333. The van der Waals surface area contributed by atoms with Crippen molar-refractivity contribution in [3.05, 3.63) is 54.6 Å². The van der Waals surface area contributed by atoms with Crippen molar-refractivity contribution in [1.29, 1.82) is 0 Å². The standard InChI is InChI=1S/C18H23NO5S/c1-22-12-13-24-15-19(14-23-2)25(20,21)18-11-7-6-10-17(18)16-8-4-3-5-9-16/h3-11H,12-15H2,1-2H3. The van der Waals surface area contributed by atoms with E-state index in [1.165, 1.54) is 7.11 Å². The monoisotopic (exact) mass is 365 g/mol. The molecule has 0 aliphatic rings. The molecule has 0 amide bonds. The molecule has 2 rings (SSSR count). The van der Waals surface area contributed by atoms with E-state index >= 15 is 0 Å². The summed E-state index contributed by atoms with van der Waals surface area (Å²) < 4.78 is 42.7. The van der Waals surface area contributed by atoms with E-state index in [-0.39, 0.29) is 18.4 Å². The molecule has 0 unspecified atom stereocenters. The van der Waals surface area contributed by atoms with Gasteiger partial charge in [-0.05, 0) is 11.6 Å². The second-order valence-electron chi connectivity index (χ2n) is 5.27. The Morgan fingerprint density at radius 3 is 2.20 bits per heavy atom. The summed E-state index contributed by atoms with van der Waals surface area (Å²) in [5, 5.41) is 0. The number of methoxy groups -OCH3 is 2. The molecule has 6 nitrogen and oxygen atoms in total. The van der Waals surface area contributed by atoms with E-state index in [1.807, 2.05) is 36.4 Å². The summed E-state index contributed by atoms with van der Waals surface area (Å²) in [6.07, 6.45) is 0. The number of benzene rings is 2. The third kappa shape index (κ3) is 5.10. The van der Waals surface area contributed by atoms with Crippen LogP contribution in [-0.4, -0.2) is 53.6 Å². The highest BCUT2D eigenvalue weighted by Gasteiger charge is 2.27. The molecule has 0 aromatic heterocycles. The Balaban J connectivity index is 2.33. The highest BCUT2D eigenvalue weighted by atomic mass is 32.2. The molecular formula is C18H23NO5S. The van der Waals surface area contributed by atoms with Gasteiger partial charge in [-0.2, -0.15) is 0 Å². The lowest BCUT2D eigenvalue weighted by Gasteiger charge is -2.22. The maximum atomic E-state index is 13.1. The van der Waals surface area contributed by atoms with E-state index in [1.54, 1.807) is 25.3 Å². The number of nitrogens with zero attached hydrogens (tertiary/aromatic N) is 1. The molecule has 0 N–H and O–H groups in total. The molecule has 0 fully saturated rings. The molecule has 0 radical (unpaired) electrons. The molecule has 2 aromatic carbocycles. The van der Waals surface area contributed by atoms with Crippen molar-refractivity contribution in [3.8, 4) is 11.1 Å². The summed E-state index contributed by atoms with van der Waals surface area (Å²) in [6.45, 7) is 0.481. The molecule has 0 aliphatic heterocycles. The molecule has 0 bridgehead atoms. The van der Waals surface area contributed by atoms with Gasteiger partial charge < -0.3 is 14.2 Å². The molecule has 0 aliphatic carbocycles. The van der Waals surface area contributed by atoms with E-state index < -0.39 is 10.0 Å². The molecule has 136 valence electrons. The number of hydrogen-bond acceptors (Lipinski definition) is 5. The van der Waals surface area contributed by atoms with Crippen molar-refractivity contribution in [3.63, 3.8) is 0 Å². The van der Waals surface area contributed by atoms with Crippen molar-refractivity contribution in [2.24, 2.45) is 0 Å². The predicted octanol–water partition coefficient (Wildman–Crippen LogP) is 2.57. The second kappa shape index (κ2) is 9.65. The molecule has 7 heteroatoms. The lowest BCUT2D eigenvalue weighted by atomic mass is 10.1. The van der Waals surface area contributed by atoms with Crippen LogP contribution in [0.25, 0.3) is 11.1 Å². The maximum Gasteiger partial charge on any atom is 0.247 e. The highest BCUT2D eigenvalue weighted by Crippen LogP contribution is 2.29. The SMILES string of the molecule is COCCOCN(COC)S(=O)(=O)c1ccccc1-c1ccccc1. The van der Waals surface area contributed by atoms with Gasteiger partial charge in [0.25, 0.3) is 0 Å². The van der Waals surface area contributed by atoms with Crippen LogP contribution in [0.5, 0.6) is 0 Å². The van der Waals surface area contributed by atoms with Crippen LogP contribution in [0.4, 0.5) is 0 Å². The Morgan fingerprint density at radius 1 is 0.840 bits per heavy atom. The number of ether oxygens (including phenoxy) is 3. The molecule has 0 heterocycles. The van der Waals surface area contributed by atoms with E-state index in [9.17, 15) is 8.42 Å². The molecule has 0 atom stereocenters. The van der Waals surface area contributed by atoms with Gasteiger partial charge in [0.1, 0.15) is 13.5 Å². The third-order valence-electron chi connectivity index (χ3n) is 3.53. The average molecular weight is 365 g/mol. The van der Waals surface area contributed by atoms with Crippen LogP contribution in [0.15, 0.2) is 59.5 Å². The highest BCUT2D eigenvalue weighted by molar-refractivity contribution is 7.89. The summed E-state index contributed by atoms with van der Waals surface area (Å²) in [5.74, 6) is 0. The summed E-state index contributed by atoms with van der Waals surface area (Å²) in [4.78, 5) is 0.216. The normalized spacial score (nSPS) is 11.8. The minimum atomic E-state index is -3.79. The summed E-state index contributed by atoms with van der Waals surface area (Å²) in [6, 6.07) is 16.3. The predicted molar refractivity (Wildman–Crippen MR) is 95.5 cm³/mol. The van der Waals surface area contributed by atoms with Gasteiger partial charge in [0.15, 0.2) is 0 Å². The van der Waals surface area contributed by atoms with Crippen molar-refractivity contribution in [2.75, 3.05) is 40.9 Å². The lowest BCUT2D eigenvalue weighted by molar-refractivity contribution is -0.000863. The van der Waals surface area contributed by atoms with Gasteiger partial charge in [0.05, 0.1) is 18.1 Å². The van der Waals surface area contributed by atoms with Crippen molar-refractivity contribution in [2.45, 2.75) is 4.90 Å². The van der Waals surface area contributed by atoms with Crippen LogP contribution in [0.3, 0.4) is 0 Å². The Morgan fingerprint density at radius 2 is 1.52 bits per heavy atom. The molecule has 25 heavy (non-hydrogen) atoms. The zero-order valence-corrected chi connectivity index (χ0v) is 15.2. The third-order valence-corrected chi connectivity index (χ3v) is 5.33. The first kappa shape index (κ1) is 19.6. The molecule has 0 saturated heterocycles. The van der Waals surface area contributed by atoms with Crippen LogP contribution in [0.2, 0.25) is 0 Å². The Hall–Kier alpha value is -1.77. The lowest BCUT2D eigenvalue weighted by Crippen LogP contribution is -2.35. The van der Waals surface area contributed by atoms with Crippen molar-refractivity contribution < 1.29 is 22.6 Å². The van der Waals surface area contributed by atoms with Gasteiger partial charge in [-0.15, -0.1) is 4.31 Å². The zero-order chi connectivity index (χ0) is 18.1. The van der Waals surface area contributed by atoms with Gasteiger partial charge in [-0.25, -0.2) is 8.42 Å². The number of rotatable bonds is 10. The summed E-state index contributed by atoms with van der Waals surface area (Å²) in [7, 11) is -0.783. The fourth-order valence-corrected chi connectivity index (χ4v) is 3.77. The van der Waals surface area contributed by atoms with Gasteiger partial charge in [-0.3, -0.25) is 0 Å². The van der Waals surface area contributed by atoms with E-state index in [4.69, 9.17) is 14.2 Å². The van der Waals surface area contributed by atoms with Crippen LogP contribution in [-0.2, 0) is 24.2 Å². The molecule has 0 spiro atoms. The Bertz CT molecular complexity index is 749. The van der Waals surface area contributed by atoms with Gasteiger partial charge in [0.2, 0.25) is 10.0 Å². The van der Waals surface area contributed by atoms with Gasteiger partial charge >= 0.3 is 0 Å². The fourth-order valence-electron chi connectivity index (χ4n) is 2.32. The van der Waals surface area contributed by atoms with Crippen molar-refractivity contribution >= 4 is 10.0 Å². The maximum absolute atomic E-state index is 13.1. The first-order valence-corrected chi connectivity index (χ1v) is 9.25. The average Bonchev–Trinajstić information content (AvgIpc) is 2.65. The Labute approximate surface area is 149 Å². The largest absolute Gasteiger partial charge is 0.382 e. The van der Waals surface area contributed by atoms with Gasteiger partial charge in [-0.1, -0.05) is 48.5 Å². The number of sulfonamides is 1. The molecule has 0 saturated carbocycles. The first-order chi connectivity index (χ1) is 12.1. The summed E-state index contributed by atoms with van der Waals surface area (Å²) in [5.41, 5.74) is 1.47. The van der Waals surface area contributed by atoms with Gasteiger partial charge in [0, 0.05) is 19.8 Å². The first-order valence-electron chi connectivity index (χ1n) is 7.81. The topological polar surface area (TPSA) is 65.1 Å². The van der Waals surface area contributed by atoms with Crippen LogP contribution >= 0.6 is 0 Å². The van der Waals surface area contributed by atoms with Crippen LogP contribution in [0.1, 0.15) is 0 Å². The van der Waals surface area contributed by atoms with E-state index in [0.29, 0.717) is 18.8 Å². The van der Waals surface area contributed by atoms with Crippen LogP contribution < -0.4 is 0 Å². The minimum Gasteiger partial charge on any atom is -0.382 e. The van der Waals surface area contributed by atoms with E-state index in [0.717, 1.165) is 9.87 Å². The minimum absolute atomic E-state index is 0.0988. The van der Waals surface area contributed by atoms with E-state index in [2.05, 4.69) is 0 Å². The second-order valence-corrected chi connectivity index (χ2v) is 7.17. The quantitative estimate of drug-likeness (QED) is 0.478. The molecular weight excluding hydrogens is 342 g/mol. The summed E-state index contributed by atoms with van der Waals surface area (Å²) >= 11 is 0. The van der Waals surface area contributed by atoms with Crippen molar-refractivity contribution in [1.82, 2.24) is 4.31 Å². The smallest absolute Gasteiger partial charge is 0.247 e. The van der Waals surface area contributed by atoms with Crippen LogP contribution in [0, 0.1) is 0 Å².